The van der Waals surface area contributed by atoms with Crippen LogP contribution < -0.4 is 10.1 Å². The second-order valence-corrected chi connectivity index (χ2v) is 7.49. The highest BCUT2D eigenvalue weighted by molar-refractivity contribution is 14.0. The molecule has 1 aromatic heterocycles. The van der Waals surface area contributed by atoms with E-state index in [1.165, 1.54) is 11.1 Å². The Balaban J connectivity index is 0.00000272. The molecule has 0 aliphatic carbocycles. The van der Waals surface area contributed by atoms with Crippen molar-refractivity contribution in [1.82, 2.24) is 20.0 Å². The fourth-order valence-corrected chi connectivity index (χ4v) is 3.84. The zero-order chi connectivity index (χ0) is 20.6. The highest BCUT2D eigenvalue weighted by Crippen LogP contribution is 2.19. The van der Waals surface area contributed by atoms with Gasteiger partial charge in [-0.1, -0.05) is 42.5 Å². The molecular formula is C24H30IN5O. The Morgan fingerprint density at radius 3 is 2.42 bits per heavy atom. The van der Waals surface area contributed by atoms with Crippen LogP contribution in [0.25, 0.3) is 0 Å². The summed E-state index contributed by atoms with van der Waals surface area (Å²) < 4.78 is 8.07. The van der Waals surface area contributed by atoms with Crippen LogP contribution >= 0.6 is 24.0 Å². The number of nitrogens with zero attached hydrogens (tertiary/aromatic N) is 4. The van der Waals surface area contributed by atoms with Crippen molar-refractivity contribution in [2.24, 2.45) is 4.99 Å². The minimum atomic E-state index is 0. The lowest BCUT2D eigenvalue weighted by Crippen LogP contribution is -2.47. The van der Waals surface area contributed by atoms with Crippen LogP contribution in [-0.4, -0.2) is 46.9 Å². The van der Waals surface area contributed by atoms with Crippen molar-refractivity contribution in [3.05, 3.63) is 84.2 Å². The first-order valence-electron chi connectivity index (χ1n) is 10.5. The van der Waals surface area contributed by atoms with Gasteiger partial charge in [-0.3, -0.25) is 9.67 Å². The molecule has 1 aliphatic heterocycles. The van der Waals surface area contributed by atoms with Crippen LogP contribution in [0.1, 0.15) is 24.0 Å². The molecule has 2 aromatic carbocycles. The first-order valence-corrected chi connectivity index (χ1v) is 10.5. The summed E-state index contributed by atoms with van der Waals surface area (Å²) in [6.07, 6.45) is 6.05. The van der Waals surface area contributed by atoms with Crippen LogP contribution in [0.5, 0.6) is 5.75 Å². The van der Waals surface area contributed by atoms with Crippen LogP contribution in [-0.2, 0) is 13.1 Å². The minimum Gasteiger partial charge on any atom is -0.490 e. The SMILES string of the molecule is CN=C(NCc1ccccc1Cn1cccn1)N1CCC(Oc2ccccc2)CC1.I. The van der Waals surface area contributed by atoms with Gasteiger partial charge in [0.1, 0.15) is 11.9 Å². The average Bonchev–Trinajstić information content (AvgIpc) is 3.30. The van der Waals surface area contributed by atoms with Crippen molar-refractivity contribution in [3.8, 4) is 5.75 Å². The van der Waals surface area contributed by atoms with Gasteiger partial charge >= 0.3 is 0 Å². The molecular weight excluding hydrogens is 501 g/mol. The number of hydrogen-bond acceptors (Lipinski definition) is 3. The topological polar surface area (TPSA) is 54.7 Å². The fourth-order valence-electron chi connectivity index (χ4n) is 3.84. The summed E-state index contributed by atoms with van der Waals surface area (Å²) in [5, 5.41) is 7.87. The number of ether oxygens (including phenoxy) is 1. The molecule has 0 amide bonds. The molecule has 4 rings (SSSR count). The van der Waals surface area contributed by atoms with Gasteiger partial charge in [0.25, 0.3) is 0 Å². The molecule has 3 aromatic rings. The average molecular weight is 531 g/mol. The smallest absolute Gasteiger partial charge is 0.193 e. The van der Waals surface area contributed by atoms with E-state index in [1.54, 1.807) is 0 Å². The predicted octanol–water partition coefficient (Wildman–Crippen LogP) is 4.17. The molecule has 31 heavy (non-hydrogen) atoms. The highest BCUT2D eigenvalue weighted by Gasteiger charge is 2.22. The molecule has 0 radical (unpaired) electrons. The van der Waals surface area contributed by atoms with Gasteiger partial charge in [-0.05, 0) is 29.3 Å². The van der Waals surface area contributed by atoms with E-state index < -0.39 is 0 Å². The second kappa shape index (κ2) is 11.7. The maximum Gasteiger partial charge on any atom is 0.193 e. The van der Waals surface area contributed by atoms with Gasteiger partial charge in [0, 0.05) is 51.9 Å². The van der Waals surface area contributed by atoms with Gasteiger partial charge in [-0.25, -0.2) is 0 Å². The molecule has 1 saturated heterocycles. The number of aromatic nitrogens is 2. The number of guanidine groups is 1. The number of halogens is 1. The number of benzene rings is 2. The van der Waals surface area contributed by atoms with E-state index in [0.29, 0.717) is 0 Å². The third-order valence-corrected chi connectivity index (χ3v) is 5.45. The summed E-state index contributed by atoms with van der Waals surface area (Å²) in [4.78, 5) is 6.83. The fraction of sp³-hybridized carbons (Fsp3) is 0.333. The third kappa shape index (κ3) is 6.46. The number of rotatable bonds is 6. The van der Waals surface area contributed by atoms with Crippen molar-refractivity contribution < 1.29 is 4.74 Å². The number of hydrogen-bond donors (Lipinski definition) is 1. The van der Waals surface area contributed by atoms with Gasteiger partial charge in [0.2, 0.25) is 0 Å². The molecule has 0 spiro atoms. The Bertz CT molecular complexity index is 938. The van der Waals surface area contributed by atoms with Crippen LogP contribution in [0, 0.1) is 0 Å². The minimum absolute atomic E-state index is 0. The standard InChI is InChI=1S/C24H29N5O.HI/c1-25-24(28-16-12-23(13-17-28)30-22-10-3-2-4-11-22)26-18-20-8-5-6-9-21(20)19-29-15-7-14-27-29;/h2-11,14-15,23H,12-13,16-19H2,1H3,(H,25,26);1H. The molecule has 0 atom stereocenters. The first-order chi connectivity index (χ1) is 14.8. The predicted molar refractivity (Wildman–Crippen MR) is 135 cm³/mol. The van der Waals surface area contributed by atoms with Crippen molar-refractivity contribution in [2.75, 3.05) is 20.1 Å². The van der Waals surface area contributed by atoms with Crippen molar-refractivity contribution in [1.29, 1.82) is 0 Å². The summed E-state index contributed by atoms with van der Waals surface area (Å²) >= 11 is 0. The van der Waals surface area contributed by atoms with E-state index in [1.807, 2.05) is 60.5 Å². The molecule has 1 aliphatic rings. The molecule has 2 heterocycles. The summed E-state index contributed by atoms with van der Waals surface area (Å²) in [6.45, 7) is 3.38. The van der Waals surface area contributed by atoms with Gasteiger partial charge in [0.15, 0.2) is 5.96 Å². The van der Waals surface area contributed by atoms with E-state index in [-0.39, 0.29) is 30.1 Å². The van der Waals surface area contributed by atoms with Crippen LogP contribution in [0.4, 0.5) is 0 Å². The Morgan fingerprint density at radius 1 is 1.03 bits per heavy atom. The summed E-state index contributed by atoms with van der Waals surface area (Å²) in [6, 6.07) is 20.5. The summed E-state index contributed by atoms with van der Waals surface area (Å²) in [5.74, 6) is 1.90. The van der Waals surface area contributed by atoms with Gasteiger partial charge in [0.05, 0.1) is 6.54 Å². The zero-order valence-electron chi connectivity index (χ0n) is 17.9. The van der Waals surface area contributed by atoms with Gasteiger partial charge in [-0.2, -0.15) is 5.10 Å². The van der Waals surface area contributed by atoms with Gasteiger partial charge < -0.3 is 15.0 Å². The largest absolute Gasteiger partial charge is 0.490 e. The van der Waals surface area contributed by atoms with Crippen LogP contribution in [0.15, 0.2) is 78.0 Å². The van der Waals surface area contributed by atoms with Crippen LogP contribution in [0.3, 0.4) is 0 Å². The Hall–Kier alpha value is -2.55. The number of aliphatic imine (C=N–C) groups is 1. The van der Waals surface area contributed by atoms with E-state index in [9.17, 15) is 0 Å². The van der Waals surface area contributed by atoms with E-state index in [4.69, 9.17) is 4.74 Å². The molecule has 0 bridgehead atoms. The highest BCUT2D eigenvalue weighted by atomic mass is 127. The molecule has 1 N–H and O–H groups in total. The van der Waals surface area contributed by atoms with Crippen molar-refractivity contribution >= 4 is 29.9 Å². The molecule has 1 fully saturated rings. The Kier molecular flexibility index (Phi) is 8.75. The quantitative estimate of drug-likeness (QED) is 0.295. The lowest BCUT2D eigenvalue weighted by atomic mass is 10.1. The first kappa shape index (κ1) is 23.1. The van der Waals surface area contributed by atoms with E-state index in [2.05, 4.69) is 44.6 Å². The van der Waals surface area contributed by atoms with E-state index >= 15 is 0 Å². The lowest BCUT2D eigenvalue weighted by molar-refractivity contribution is 0.129. The van der Waals surface area contributed by atoms with Gasteiger partial charge in [-0.15, -0.1) is 24.0 Å². The van der Waals surface area contributed by atoms with E-state index in [0.717, 1.165) is 50.7 Å². The molecule has 7 heteroatoms. The molecule has 6 nitrogen and oxygen atoms in total. The van der Waals surface area contributed by atoms with Crippen molar-refractivity contribution in [2.45, 2.75) is 32.0 Å². The monoisotopic (exact) mass is 531 g/mol. The Morgan fingerprint density at radius 2 is 1.74 bits per heavy atom. The maximum absolute atomic E-state index is 6.12. The zero-order valence-corrected chi connectivity index (χ0v) is 20.2. The third-order valence-electron chi connectivity index (χ3n) is 5.45. The normalized spacial score (nSPS) is 14.7. The Labute approximate surface area is 201 Å². The summed E-state index contributed by atoms with van der Waals surface area (Å²) in [7, 11) is 1.85. The molecule has 164 valence electrons. The van der Waals surface area contributed by atoms with Crippen molar-refractivity contribution in [3.63, 3.8) is 0 Å². The lowest BCUT2D eigenvalue weighted by Gasteiger charge is -2.34. The maximum atomic E-state index is 6.12. The summed E-state index contributed by atoms with van der Waals surface area (Å²) in [5.41, 5.74) is 2.52. The second-order valence-electron chi connectivity index (χ2n) is 7.49. The number of nitrogens with one attached hydrogen (secondary N) is 1. The molecule has 0 unspecified atom stereocenters. The molecule has 0 saturated carbocycles. The number of para-hydroxylation sites is 1. The number of piperidine rings is 1. The van der Waals surface area contributed by atoms with Crippen LogP contribution in [0.2, 0.25) is 0 Å². The number of likely N-dealkylation sites (tertiary alicyclic amines) is 1.